The maximum Gasteiger partial charge on any atom is 0.389 e. The van der Waals surface area contributed by atoms with Crippen LogP contribution in [-0.4, -0.2) is 31.3 Å². The number of carbonyl (C=O) groups excluding carboxylic acids is 2. The molecule has 0 saturated heterocycles. The highest BCUT2D eigenvalue weighted by Gasteiger charge is 2.52. The average molecular weight is 298 g/mol. The van der Waals surface area contributed by atoms with Crippen molar-refractivity contribution in [2.75, 3.05) is 13.2 Å². The van der Waals surface area contributed by atoms with E-state index in [-0.39, 0.29) is 13.2 Å². The van der Waals surface area contributed by atoms with E-state index in [2.05, 4.69) is 0 Å². The molecule has 0 unspecified atom stereocenters. The summed E-state index contributed by atoms with van der Waals surface area (Å²) in [5.41, 5.74) is -1.92. The Morgan fingerprint density at radius 2 is 1.35 bits per heavy atom. The zero-order chi connectivity index (χ0) is 16.0. The van der Waals surface area contributed by atoms with Crippen molar-refractivity contribution in [1.29, 1.82) is 0 Å². The molecule has 0 N–H and O–H groups in total. The van der Waals surface area contributed by atoms with Crippen molar-refractivity contribution in [2.45, 2.75) is 46.7 Å². The molecular formula is C13H21F3O4. The van der Waals surface area contributed by atoms with E-state index in [0.29, 0.717) is 0 Å². The van der Waals surface area contributed by atoms with Gasteiger partial charge < -0.3 is 9.47 Å². The Morgan fingerprint density at radius 3 is 1.60 bits per heavy atom. The van der Waals surface area contributed by atoms with Gasteiger partial charge in [0.25, 0.3) is 0 Å². The SMILES string of the molecule is CCOC(=O)C(CCC(F)(F)F)(C(=O)OCC)C(C)C. The van der Waals surface area contributed by atoms with Crippen molar-refractivity contribution in [1.82, 2.24) is 0 Å². The highest BCUT2D eigenvalue weighted by Crippen LogP contribution is 2.39. The molecule has 0 amide bonds. The smallest absolute Gasteiger partial charge is 0.389 e. The molecule has 0 aromatic heterocycles. The van der Waals surface area contributed by atoms with Crippen LogP contribution in [0.3, 0.4) is 0 Å². The number of esters is 2. The van der Waals surface area contributed by atoms with Gasteiger partial charge in [-0.1, -0.05) is 13.8 Å². The molecule has 0 aromatic carbocycles. The molecule has 20 heavy (non-hydrogen) atoms. The van der Waals surface area contributed by atoms with Crippen LogP contribution in [0.1, 0.15) is 40.5 Å². The average Bonchev–Trinajstić information content (AvgIpc) is 2.28. The quantitative estimate of drug-likeness (QED) is 0.535. The van der Waals surface area contributed by atoms with Gasteiger partial charge in [-0.25, -0.2) is 0 Å². The fraction of sp³-hybridized carbons (Fsp3) is 0.846. The molecule has 0 aromatic rings. The lowest BCUT2D eigenvalue weighted by atomic mass is 9.73. The summed E-state index contributed by atoms with van der Waals surface area (Å²) in [6.45, 7) is 6.03. The largest absolute Gasteiger partial charge is 0.465 e. The summed E-state index contributed by atoms with van der Waals surface area (Å²) in [7, 11) is 0. The Balaban J connectivity index is 5.45. The van der Waals surface area contributed by atoms with E-state index in [4.69, 9.17) is 9.47 Å². The van der Waals surface area contributed by atoms with Crippen LogP contribution in [0.2, 0.25) is 0 Å². The molecule has 4 nitrogen and oxygen atoms in total. The van der Waals surface area contributed by atoms with Crippen LogP contribution in [0, 0.1) is 11.3 Å². The van der Waals surface area contributed by atoms with Crippen molar-refractivity contribution in [3.05, 3.63) is 0 Å². The molecule has 0 saturated carbocycles. The number of rotatable bonds is 7. The van der Waals surface area contributed by atoms with Crippen molar-refractivity contribution in [3.8, 4) is 0 Å². The molecule has 118 valence electrons. The number of carbonyl (C=O) groups is 2. The first-order valence-electron chi connectivity index (χ1n) is 6.53. The molecule has 0 radical (unpaired) electrons. The Kier molecular flexibility index (Phi) is 7.02. The molecular weight excluding hydrogens is 277 g/mol. The fourth-order valence-electron chi connectivity index (χ4n) is 1.91. The minimum atomic E-state index is -4.46. The molecule has 0 aliphatic carbocycles. The first-order valence-corrected chi connectivity index (χ1v) is 6.53. The Labute approximate surface area is 116 Å². The molecule has 0 fully saturated rings. The van der Waals surface area contributed by atoms with Gasteiger partial charge in [0.15, 0.2) is 5.41 Å². The second-order valence-corrected chi connectivity index (χ2v) is 4.68. The van der Waals surface area contributed by atoms with Gasteiger partial charge in [-0.3, -0.25) is 9.59 Å². The normalized spacial score (nSPS) is 12.4. The molecule has 7 heteroatoms. The van der Waals surface area contributed by atoms with Gasteiger partial charge in [-0.15, -0.1) is 0 Å². The highest BCUT2D eigenvalue weighted by atomic mass is 19.4. The van der Waals surface area contributed by atoms with Gasteiger partial charge in [0.2, 0.25) is 0 Å². The summed E-state index contributed by atoms with van der Waals surface area (Å²) in [6, 6.07) is 0. The maximum absolute atomic E-state index is 12.4. The number of hydrogen-bond donors (Lipinski definition) is 0. The molecule has 0 aliphatic rings. The van der Waals surface area contributed by atoms with Crippen molar-refractivity contribution in [2.24, 2.45) is 11.3 Å². The maximum atomic E-state index is 12.4. The summed E-state index contributed by atoms with van der Waals surface area (Å²) in [5, 5.41) is 0. The summed E-state index contributed by atoms with van der Waals surface area (Å²) in [6.07, 6.45) is -6.38. The number of alkyl halides is 3. The lowest BCUT2D eigenvalue weighted by molar-refractivity contribution is -0.182. The first-order chi connectivity index (χ1) is 9.11. The van der Waals surface area contributed by atoms with Crippen molar-refractivity contribution in [3.63, 3.8) is 0 Å². The van der Waals surface area contributed by atoms with E-state index >= 15 is 0 Å². The molecule has 0 atom stereocenters. The number of halogens is 3. The van der Waals surface area contributed by atoms with E-state index in [9.17, 15) is 22.8 Å². The second-order valence-electron chi connectivity index (χ2n) is 4.68. The fourth-order valence-corrected chi connectivity index (χ4v) is 1.91. The van der Waals surface area contributed by atoms with E-state index in [1.54, 1.807) is 0 Å². The Bertz CT molecular complexity index is 319. The molecule has 0 spiro atoms. The minimum absolute atomic E-state index is 0.0152. The van der Waals surface area contributed by atoms with Gasteiger partial charge in [0.1, 0.15) is 0 Å². The summed E-state index contributed by atoms with van der Waals surface area (Å²) >= 11 is 0. The number of hydrogen-bond acceptors (Lipinski definition) is 4. The number of ether oxygens (including phenoxy) is 2. The van der Waals surface area contributed by atoms with Gasteiger partial charge in [-0.05, 0) is 26.2 Å². The Hall–Kier alpha value is -1.27. The van der Waals surface area contributed by atoms with Crippen LogP contribution in [0.5, 0.6) is 0 Å². The third-order valence-corrected chi connectivity index (χ3v) is 3.07. The third-order valence-electron chi connectivity index (χ3n) is 3.07. The monoisotopic (exact) mass is 298 g/mol. The zero-order valence-electron chi connectivity index (χ0n) is 12.2. The van der Waals surface area contributed by atoms with Crippen molar-refractivity contribution < 1.29 is 32.2 Å². The van der Waals surface area contributed by atoms with Gasteiger partial charge in [0, 0.05) is 6.42 Å². The summed E-state index contributed by atoms with van der Waals surface area (Å²) in [4.78, 5) is 24.1. The second kappa shape index (κ2) is 7.50. The zero-order valence-corrected chi connectivity index (χ0v) is 12.2. The van der Waals surface area contributed by atoms with Gasteiger partial charge in [0.05, 0.1) is 13.2 Å². The van der Waals surface area contributed by atoms with Crippen LogP contribution >= 0.6 is 0 Å². The van der Waals surface area contributed by atoms with Crippen molar-refractivity contribution >= 4 is 11.9 Å². The van der Waals surface area contributed by atoms with Crippen LogP contribution < -0.4 is 0 Å². The van der Waals surface area contributed by atoms with E-state index < -0.39 is 42.3 Å². The predicted molar refractivity (Wildman–Crippen MR) is 65.8 cm³/mol. The van der Waals surface area contributed by atoms with E-state index in [1.807, 2.05) is 0 Å². The van der Waals surface area contributed by atoms with E-state index in [0.717, 1.165) is 0 Å². The van der Waals surface area contributed by atoms with Crippen LogP contribution in [0.4, 0.5) is 13.2 Å². The Morgan fingerprint density at radius 1 is 0.950 bits per heavy atom. The lowest BCUT2D eigenvalue weighted by Crippen LogP contribution is -2.47. The third kappa shape index (κ3) is 4.68. The molecule has 0 heterocycles. The lowest BCUT2D eigenvalue weighted by Gasteiger charge is -2.32. The van der Waals surface area contributed by atoms with Crippen LogP contribution in [0.15, 0.2) is 0 Å². The highest BCUT2D eigenvalue weighted by molar-refractivity contribution is 6.00. The van der Waals surface area contributed by atoms with Crippen LogP contribution in [0.25, 0.3) is 0 Å². The molecule has 0 aliphatic heterocycles. The van der Waals surface area contributed by atoms with Gasteiger partial charge >= 0.3 is 18.1 Å². The minimum Gasteiger partial charge on any atom is -0.465 e. The topological polar surface area (TPSA) is 52.6 Å². The predicted octanol–water partition coefficient (Wildman–Crippen LogP) is 3.10. The van der Waals surface area contributed by atoms with Crippen LogP contribution in [-0.2, 0) is 19.1 Å². The van der Waals surface area contributed by atoms with Gasteiger partial charge in [-0.2, -0.15) is 13.2 Å². The standard InChI is InChI=1S/C13H21F3O4/c1-5-19-10(17)12(9(3)4,11(18)20-6-2)7-8-13(14,15)16/h9H,5-8H2,1-4H3. The molecule has 0 bridgehead atoms. The first kappa shape index (κ1) is 18.7. The van der Waals surface area contributed by atoms with E-state index in [1.165, 1.54) is 27.7 Å². The molecule has 0 rings (SSSR count). The summed E-state index contributed by atoms with van der Waals surface area (Å²) < 4.78 is 46.9. The summed E-state index contributed by atoms with van der Waals surface area (Å²) in [5.74, 6) is -2.58.